The number of amides is 1. The first-order chi connectivity index (χ1) is 12.6. The number of carboxylic acids is 1. The van der Waals surface area contributed by atoms with Gasteiger partial charge in [0.05, 0.1) is 16.7 Å². The summed E-state index contributed by atoms with van der Waals surface area (Å²) in [4.78, 5) is 32.3. The molecule has 26 heavy (non-hydrogen) atoms. The molecule has 0 bridgehead atoms. The Morgan fingerprint density at radius 1 is 0.769 bits per heavy atom. The summed E-state index contributed by atoms with van der Waals surface area (Å²) in [5.41, 5.74) is 1.77. The molecule has 0 spiro atoms. The van der Waals surface area contributed by atoms with Crippen molar-refractivity contribution in [1.29, 1.82) is 0 Å². The number of hydrogen-bond acceptors (Lipinski definition) is 4. The Morgan fingerprint density at radius 3 is 2.35 bits per heavy atom. The van der Waals surface area contributed by atoms with E-state index in [-0.39, 0.29) is 17.3 Å². The van der Waals surface area contributed by atoms with Gasteiger partial charge in [-0.25, -0.2) is 14.8 Å². The molecule has 0 unspecified atom stereocenters. The maximum absolute atomic E-state index is 12.6. The van der Waals surface area contributed by atoms with Gasteiger partial charge in [0.25, 0.3) is 5.91 Å². The average Bonchev–Trinajstić information content (AvgIpc) is 2.67. The molecule has 0 aliphatic rings. The van der Waals surface area contributed by atoms with E-state index < -0.39 is 5.97 Å². The summed E-state index contributed by atoms with van der Waals surface area (Å²) in [6, 6.07) is 19.4. The number of carbonyl (C=O) groups is 2. The van der Waals surface area contributed by atoms with Crippen LogP contribution in [0.15, 0.2) is 66.7 Å². The highest BCUT2D eigenvalue weighted by Gasteiger charge is 2.13. The molecule has 2 N–H and O–H groups in total. The number of benzene rings is 2. The van der Waals surface area contributed by atoms with Crippen LogP contribution in [-0.4, -0.2) is 27.0 Å². The SMILES string of the molecule is O=C(O)c1ccc2cccc(NC(=O)c3ccc4ccccc4n3)c2n1. The molecule has 2 aromatic carbocycles. The number of anilines is 1. The van der Waals surface area contributed by atoms with Gasteiger partial charge in [0.1, 0.15) is 11.4 Å². The van der Waals surface area contributed by atoms with Gasteiger partial charge in [0, 0.05) is 10.8 Å². The Balaban J connectivity index is 1.72. The molecule has 0 radical (unpaired) electrons. The van der Waals surface area contributed by atoms with E-state index in [9.17, 15) is 9.59 Å². The third-order valence-corrected chi connectivity index (χ3v) is 4.02. The molecule has 6 nitrogen and oxygen atoms in total. The molecule has 0 fully saturated rings. The van der Waals surface area contributed by atoms with Gasteiger partial charge in [-0.3, -0.25) is 4.79 Å². The number of nitrogens with zero attached hydrogens (tertiary/aromatic N) is 2. The van der Waals surface area contributed by atoms with Crippen molar-refractivity contribution >= 4 is 39.4 Å². The smallest absolute Gasteiger partial charge is 0.354 e. The zero-order valence-electron chi connectivity index (χ0n) is 13.5. The van der Waals surface area contributed by atoms with E-state index in [1.807, 2.05) is 30.3 Å². The molecule has 4 rings (SSSR count). The van der Waals surface area contributed by atoms with Gasteiger partial charge < -0.3 is 10.4 Å². The summed E-state index contributed by atoms with van der Waals surface area (Å²) in [5, 5.41) is 13.6. The van der Waals surface area contributed by atoms with Crippen LogP contribution in [0, 0.1) is 0 Å². The van der Waals surface area contributed by atoms with Crippen LogP contribution < -0.4 is 5.32 Å². The van der Waals surface area contributed by atoms with E-state index in [1.165, 1.54) is 6.07 Å². The number of para-hydroxylation sites is 2. The van der Waals surface area contributed by atoms with E-state index in [4.69, 9.17) is 5.11 Å². The maximum atomic E-state index is 12.6. The predicted molar refractivity (Wildman–Crippen MR) is 98.4 cm³/mol. The van der Waals surface area contributed by atoms with Crippen LogP contribution in [0.3, 0.4) is 0 Å². The maximum Gasteiger partial charge on any atom is 0.354 e. The fourth-order valence-corrected chi connectivity index (χ4v) is 2.75. The largest absolute Gasteiger partial charge is 0.477 e. The third kappa shape index (κ3) is 2.84. The minimum atomic E-state index is -1.12. The lowest BCUT2D eigenvalue weighted by atomic mass is 10.1. The summed E-state index contributed by atoms with van der Waals surface area (Å²) in [5.74, 6) is -1.50. The summed E-state index contributed by atoms with van der Waals surface area (Å²) >= 11 is 0. The first-order valence-corrected chi connectivity index (χ1v) is 7.92. The Morgan fingerprint density at radius 2 is 1.50 bits per heavy atom. The number of fused-ring (bicyclic) bond motifs is 2. The van der Waals surface area contributed by atoms with E-state index >= 15 is 0 Å². The second-order valence-corrected chi connectivity index (χ2v) is 5.72. The number of aromatic nitrogens is 2. The van der Waals surface area contributed by atoms with Crippen molar-refractivity contribution in [3.63, 3.8) is 0 Å². The monoisotopic (exact) mass is 343 g/mol. The van der Waals surface area contributed by atoms with Gasteiger partial charge in [-0.05, 0) is 24.3 Å². The van der Waals surface area contributed by atoms with Crippen LogP contribution >= 0.6 is 0 Å². The van der Waals surface area contributed by atoms with Crippen molar-refractivity contribution in [2.45, 2.75) is 0 Å². The summed E-state index contributed by atoms with van der Waals surface area (Å²) in [6.07, 6.45) is 0. The number of carbonyl (C=O) groups excluding carboxylic acids is 1. The molecule has 126 valence electrons. The van der Waals surface area contributed by atoms with Crippen LogP contribution in [0.2, 0.25) is 0 Å². The summed E-state index contributed by atoms with van der Waals surface area (Å²) in [6.45, 7) is 0. The van der Waals surface area contributed by atoms with Gasteiger partial charge in [0.2, 0.25) is 0 Å². The van der Waals surface area contributed by atoms with Crippen LogP contribution in [-0.2, 0) is 0 Å². The van der Waals surface area contributed by atoms with Crippen molar-refractivity contribution < 1.29 is 14.7 Å². The van der Waals surface area contributed by atoms with Crippen LogP contribution in [0.25, 0.3) is 21.8 Å². The van der Waals surface area contributed by atoms with E-state index in [0.717, 1.165) is 16.3 Å². The first kappa shape index (κ1) is 15.7. The van der Waals surface area contributed by atoms with Crippen molar-refractivity contribution in [3.8, 4) is 0 Å². The Hall–Kier alpha value is -3.80. The summed E-state index contributed by atoms with van der Waals surface area (Å²) < 4.78 is 0. The van der Waals surface area contributed by atoms with Gasteiger partial charge >= 0.3 is 5.97 Å². The van der Waals surface area contributed by atoms with Crippen molar-refractivity contribution in [1.82, 2.24) is 9.97 Å². The fraction of sp³-hybridized carbons (Fsp3) is 0. The quantitative estimate of drug-likeness (QED) is 0.591. The highest BCUT2D eigenvalue weighted by Crippen LogP contribution is 2.23. The topological polar surface area (TPSA) is 92.2 Å². The van der Waals surface area contributed by atoms with E-state index in [2.05, 4.69) is 15.3 Å². The van der Waals surface area contributed by atoms with Gasteiger partial charge in [-0.2, -0.15) is 0 Å². The van der Waals surface area contributed by atoms with Gasteiger partial charge in [0.15, 0.2) is 0 Å². The van der Waals surface area contributed by atoms with Crippen LogP contribution in [0.1, 0.15) is 21.0 Å². The molecule has 4 aromatic rings. The molecule has 1 amide bonds. The summed E-state index contributed by atoms with van der Waals surface area (Å²) in [7, 11) is 0. The molecule has 0 aliphatic carbocycles. The molecule has 6 heteroatoms. The normalized spacial score (nSPS) is 10.8. The average molecular weight is 343 g/mol. The Kier molecular flexibility index (Phi) is 3.78. The molecule has 0 atom stereocenters. The second kappa shape index (κ2) is 6.25. The van der Waals surface area contributed by atoms with Crippen LogP contribution in [0.5, 0.6) is 0 Å². The molecule has 0 saturated heterocycles. The van der Waals surface area contributed by atoms with E-state index in [0.29, 0.717) is 11.2 Å². The van der Waals surface area contributed by atoms with Crippen molar-refractivity contribution in [3.05, 3.63) is 78.1 Å². The molecule has 0 aliphatic heterocycles. The Bertz CT molecular complexity index is 1170. The van der Waals surface area contributed by atoms with Gasteiger partial charge in [-0.1, -0.05) is 42.5 Å². The van der Waals surface area contributed by atoms with Crippen LogP contribution in [0.4, 0.5) is 5.69 Å². The minimum absolute atomic E-state index is 0.0805. The van der Waals surface area contributed by atoms with Crippen molar-refractivity contribution in [2.75, 3.05) is 5.32 Å². The van der Waals surface area contributed by atoms with Gasteiger partial charge in [-0.15, -0.1) is 0 Å². The molecule has 0 saturated carbocycles. The second-order valence-electron chi connectivity index (χ2n) is 5.72. The van der Waals surface area contributed by atoms with E-state index in [1.54, 1.807) is 30.3 Å². The van der Waals surface area contributed by atoms with Crippen molar-refractivity contribution in [2.24, 2.45) is 0 Å². The molecule has 2 heterocycles. The molecular weight excluding hydrogens is 330 g/mol. The number of rotatable bonds is 3. The lowest BCUT2D eigenvalue weighted by Gasteiger charge is -2.09. The zero-order valence-corrected chi connectivity index (χ0v) is 13.5. The lowest BCUT2D eigenvalue weighted by molar-refractivity contribution is 0.0691. The minimum Gasteiger partial charge on any atom is -0.477 e. The highest BCUT2D eigenvalue weighted by molar-refractivity contribution is 6.08. The Labute approximate surface area is 148 Å². The fourth-order valence-electron chi connectivity index (χ4n) is 2.75. The number of pyridine rings is 2. The molecule has 2 aromatic heterocycles. The third-order valence-electron chi connectivity index (χ3n) is 4.02. The number of hydrogen-bond donors (Lipinski definition) is 2. The standard InChI is InChI=1S/C20H13N3O3/c24-19(16-10-8-12-4-1-2-6-14(12)21-16)23-15-7-3-5-13-9-11-17(20(25)26)22-18(13)15/h1-11H,(H,23,24)(H,25,26). The lowest BCUT2D eigenvalue weighted by Crippen LogP contribution is -2.14. The predicted octanol–water partition coefficient (Wildman–Crippen LogP) is 3.73. The highest BCUT2D eigenvalue weighted by atomic mass is 16.4. The number of aromatic carboxylic acids is 1. The first-order valence-electron chi connectivity index (χ1n) is 7.92. The zero-order chi connectivity index (χ0) is 18.1. The number of carboxylic acid groups (broad SMARTS) is 1. The number of nitrogens with one attached hydrogen (secondary N) is 1. The molecular formula is C20H13N3O3.